The predicted molar refractivity (Wildman–Crippen MR) is 55.5 cm³/mol. The second-order valence-electron chi connectivity index (χ2n) is 2.42. The molecule has 13 heavy (non-hydrogen) atoms. The van der Waals surface area contributed by atoms with Crippen molar-refractivity contribution in [3.05, 3.63) is 32.2 Å². The minimum Gasteiger partial charge on any atom is -0.481 e. The smallest absolute Gasteiger partial charge is 0.307 e. The average Bonchev–Trinajstić information content (AvgIpc) is 1.96. The van der Waals surface area contributed by atoms with Crippen molar-refractivity contribution < 1.29 is 9.90 Å². The number of halogens is 3. The monoisotopic (exact) mass is 282 g/mol. The molecule has 0 saturated carbocycles. The highest BCUT2D eigenvalue weighted by atomic mass is 79.9. The van der Waals surface area contributed by atoms with Crippen molar-refractivity contribution in [3.8, 4) is 0 Å². The Labute approximate surface area is 93.6 Å². The number of carbonyl (C=O) groups is 1. The lowest BCUT2D eigenvalue weighted by atomic mass is 10.1. The standard InChI is InChI=1S/C8H5BrCl2O2/c9-4-1-6(10)5(3-8(12)13)7(11)2-4/h1-2H,3H2,(H,12,13). The molecule has 1 rings (SSSR count). The Balaban J connectivity index is 3.13. The second kappa shape index (κ2) is 4.31. The highest BCUT2D eigenvalue weighted by Crippen LogP contribution is 2.29. The number of aliphatic carboxylic acids is 1. The molecule has 0 atom stereocenters. The Morgan fingerprint density at radius 2 is 1.85 bits per heavy atom. The molecule has 0 aliphatic rings. The summed E-state index contributed by atoms with van der Waals surface area (Å²) in [6, 6.07) is 3.23. The minimum absolute atomic E-state index is 0.162. The van der Waals surface area contributed by atoms with Gasteiger partial charge in [0.25, 0.3) is 0 Å². The van der Waals surface area contributed by atoms with Crippen molar-refractivity contribution in [2.75, 3.05) is 0 Å². The fourth-order valence-corrected chi connectivity index (χ4v) is 2.23. The van der Waals surface area contributed by atoms with Gasteiger partial charge in [0.2, 0.25) is 0 Å². The van der Waals surface area contributed by atoms with E-state index in [9.17, 15) is 4.79 Å². The summed E-state index contributed by atoms with van der Waals surface area (Å²) in [5.74, 6) is -0.953. The van der Waals surface area contributed by atoms with Crippen LogP contribution in [-0.2, 0) is 11.2 Å². The molecule has 0 unspecified atom stereocenters. The molecule has 0 aliphatic heterocycles. The number of rotatable bonds is 2. The van der Waals surface area contributed by atoms with Crippen molar-refractivity contribution in [1.29, 1.82) is 0 Å². The summed E-state index contributed by atoms with van der Waals surface area (Å²) in [7, 11) is 0. The van der Waals surface area contributed by atoms with Gasteiger partial charge in [-0.3, -0.25) is 4.79 Å². The fraction of sp³-hybridized carbons (Fsp3) is 0.125. The third-order valence-electron chi connectivity index (χ3n) is 1.43. The zero-order valence-corrected chi connectivity index (χ0v) is 9.45. The summed E-state index contributed by atoms with van der Waals surface area (Å²) in [4.78, 5) is 10.4. The Bertz CT molecular complexity index is 329. The van der Waals surface area contributed by atoms with Crippen molar-refractivity contribution in [2.24, 2.45) is 0 Å². The van der Waals surface area contributed by atoms with Gasteiger partial charge < -0.3 is 5.11 Å². The van der Waals surface area contributed by atoms with E-state index in [2.05, 4.69) is 15.9 Å². The molecule has 70 valence electrons. The second-order valence-corrected chi connectivity index (χ2v) is 4.15. The molecule has 0 amide bonds. The van der Waals surface area contributed by atoms with E-state index in [1.807, 2.05) is 0 Å². The van der Waals surface area contributed by atoms with Gasteiger partial charge in [0.1, 0.15) is 0 Å². The van der Waals surface area contributed by atoms with E-state index in [-0.39, 0.29) is 6.42 Å². The lowest BCUT2D eigenvalue weighted by Gasteiger charge is -2.04. The molecule has 5 heteroatoms. The molecule has 1 N–H and O–H groups in total. The Kier molecular flexibility index (Phi) is 3.59. The van der Waals surface area contributed by atoms with E-state index in [0.717, 1.165) is 4.47 Å². The first-order valence-corrected chi connectivity index (χ1v) is 4.91. The lowest BCUT2D eigenvalue weighted by molar-refractivity contribution is -0.136. The molecule has 0 aliphatic carbocycles. The highest BCUT2D eigenvalue weighted by molar-refractivity contribution is 9.10. The number of benzene rings is 1. The average molecular weight is 284 g/mol. The van der Waals surface area contributed by atoms with E-state index in [1.54, 1.807) is 12.1 Å². The van der Waals surface area contributed by atoms with Crippen LogP contribution in [0.5, 0.6) is 0 Å². The molecule has 2 nitrogen and oxygen atoms in total. The van der Waals surface area contributed by atoms with Crippen LogP contribution in [0.4, 0.5) is 0 Å². The molecule has 0 radical (unpaired) electrons. The maximum absolute atomic E-state index is 10.4. The van der Waals surface area contributed by atoms with Gasteiger partial charge >= 0.3 is 5.97 Å². The topological polar surface area (TPSA) is 37.3 Å². The van der Waals surface area contributed by atoms with Crippen LogP contribution in [0.25, 0.3) is 0 Å². The highest BCUT2D eigenvalue weighted by Gasteiger charge is 2.10. The molecule has 1 aromatic carbocycles. The summed E-state index contributed by atoms with van der Waals surface area (Å²) < 4.78 is 0.733. The van der Waals surface area contributed by atoms with Gasteiger partial charge in [0.15, 0.2) is 0 Å². The number of carboxylic acid groups (broad SMARTS) is 1. The molecular weight excluding hydrogens is 279 g/mol. The van der Waals surface area contributed by atoms with E-state index in [4.69, 9.17) is 28.3 Å². The van der Waals surface area contributed by atoms with Crippen molar-refractivity contribution in [2.45, 2.75) is 6.42 Å². The molecular formula is C8H5BrCl2O2. The summed E-state index contributed by atoms with van der Waals surface area (Å²) in [5.41, 5.74) is 0.444. The quantitative estimate of drug-likeness (QED) is 0.903. The van der Waals surface area contributed by atoms with Gasteiger partial charge in [-0.15, -0.1) is 0 Å². The molecule has 0 spiro atoms. The van der Waals surface area contributed by atoms with Gasteiger partial charge in [-0.2, -0.15) is 0 Å². The third kappa shape index (κ3) is 2.86. The Morgan fingerprint density at radius 1 is 1.38 bits per heavy atom. The maximum Gasteiger partial charge on any atom is 0.307 e. The molecule has 0 fully saturated rings. The first-order chi connectivity index (χ1) is 6.00. The summed E-state index contributed by atoms with van der Waals surface area (Å²) >= 11 is 14.8. The lowest BCUT2D eigenvalue weighted by Crippen LogP contribution is -2.01. The first-order valence-electron chi connectivity index (χ1n) is 3.36. The largest absolute Gasteiger partial charge is 0.481 e. The molecule has 0 aromatic heterocycles. The zero-order chi connectivity index (χ0) is 10.0. The minimum atomic E-state index is -0.953. The van der Waals surface area contributed by atoms with Gasteiger partial charge in [0, 0.05) is 20.1 Å². The van der Waals surface area contributed by atoms with Crippen LogP contribution >= 0.6 is 39.1 Å². The van der Waals surface area contributed by atoms with Crippen LogP contribution in [-0.4, -0.2) is 11.1 Å². The SMILES string of the molecule is O=C(O)Cc1c(Cl)cc(Br)cc1Cl. The Morgan fingerprint density at radius 3 is 2.23 bits per heavy atom. The van der Waals surface area contributed by atoms with Crippen molar-refractivity contribution >= 4 is 45.1 Å². The van der Waals surface area contributed by atoms with E-state index in [0.29, 0.717) is 15.6 Å². The van der Waals surface area contributed by atoms with Crippen molar-refractivity contribution in [1.82, 2.24) is 0 Å². The number of carboxylic acids is 1. The van der Waals surface area contributed by atoms with Crippen LogP contribution in [0.2, 0.25) is 10.0 Å². The van der Waals surface area contributed by atoms with Crippen LogP contribution in [0.1, 0.15) is 5.56 Å². The molecule has 1 aromatic rings. The van der Waals surface area contributed by atoms with Crippen molar-refractivity contribution in [3.63, 3.8) is 0 Å². The Hall–Kier alpha value is -0.250. The third-order valence-corrected chi connectivity index (χ3v) is 2.57. The normalized spacial score (nSPS) is 10.1. The van der Waals surface area contributed by atoms with E-state index < -0.39 is 5.97 Å². The van der Waals surface area contributed by atoms with Crippen LogP contribution in [0.15, 0.2) is 16.6 Å². The number of hydrogen-bond acceptors (Lipinski definition) is 1. The van der Waals surface area contributed by atoms with Crippen LogP contribution in [0.3, 0.4) is 0 Å². The summed E-state index contributed by atoms with van der Waals surface area (Å²) in [5, 5.41) is 9.28. The van der Waals surface area contributed by atoms with Gasteiger partial charge in [0.05, 0.1) is 6.42 Å². The van der Waals surface area contributed by atoms with Crippen LogP contribution in [0, 0.1) is 0 Å². The predicted octanol–water partition coefficient (Wildman–Crippen LogP) is 3.38. The summed E-state index contributed by atoms with van der Waals surface area (Å²) in [6.45, 7) is 0. The first kappa shape index (κ1) is 10.8. The fourth-order valence-electron chi connectivity index (χ4n) is 0.892. The molecule has 0 bridgehead atoms. The molecule has 0 saturated heterocycles. The molecule has 0 heterocycles. The zero-order valence-electron chi connectivity index (χ0n) is 6.35. The van der Waals surface area contributed by atoms with E-state index in [1.165, 1.54) is 0 Å². The van der Waals surface area contributed by atoms with Gasteiger partial charge in [-0.25, -0.2) is 0 Å². The van der Waals surface area contributed by atoms with Crippen LogP contribution < -0.4 is 0 Å². The van der Waals surface area contributed by atoms with Gasteiger partial charge in [-0.05, 0) is 12.1 Å². The van der Waals surface area contributed by atoms with Gasteiger partial charge in [-0.1, -0.05) is 39.1 Å². The number of hydrogen-bond donors (Lipinski definition) is 1. The van der Waals surface area contributed by atoms with E-state index >= 15 is 0 Å². The maximum atomic E-state index is 10.4. The summed E-state index contributed by atoms with van der Waals surface area (Å²) in [6.07, 6.45) is -0.162.